The van der Waals surface area contributed by atoms with Crippen molar-refractivity contribution in [2.45, 2.75) is 26.3 Å². The molecule has 3 unspecified atom stereocenters. The van der Waals surface area contributed by atoms with E-state index in [1.165, 1.54) is 0 Å². The second-order valence-electron chi connectivity index (χ2n) is 4.59. The summed E-state index contributed by atoms with van der Waals surface area (Å²) in [4.78, 5) is 13.7. The van der Waals surface area contributed by atoms with Gasteiger partial charge in [-0.1, -0.05) is 13.8 Å². The lowest BCUT2D eigenvalue weighted by Crippen LogP contribution is -2.50. The molecule has 1 amide bonds. The highest BCUT2D eigenvalue weighted by Gasteiger charge is 2.28. The Bertz CT molecular complexity index is 226. The van der Waals surface area contributed by atoms with Crippen LogP contribution in [0.3, 0.4) is 0 Å². The van der Waals surface area contributed by atoms with E-state index in [-0.39, 0.29) is 18.3 Å². The first kappa shape index (κ1) is 15.7. The summed E-state index contributed by atoms with van der Waals surface area (Å²) in [6.45, 7) is 6.39. The molecule has 16 heavy (non-hydrogen) atoms. The highest BCUT2D eigenvalue weighted by atomic mass is 35.5. The highest BCUT2D eigenvalue weighted by Crippen LogP contribution is 2.22. The molecule has 0 spiro atoms. The maximum atomic E-state index is 11.9. The number of amides is 1. The summed E-state index contributed by atoms with van der Waals surface area (Å²) in [6.07, 6.45) is 1.08. The predicted molar refractivity (Wildman–Crippen MR) is 66.6 cm³/mol. The molecular weight excluding hydrogens is 228 g/mol. The quantitative estimate of drug-likeness (QED) is 0.809. The average Bonchev–Trinajstić information content (AvgIpc) is 2.21. The average molecular weight is 251 g/mol. The van der Waals surface area contributed by atoms with E-state index in [9.17, 15) is 4.79 Å². The molecule has 1 rings (SSSR count). The monoisotopic (exact) mass is 250 g/mol. The molecule has 1 saturated heterocycles. The van der Waals surface area contributed by atoms with Crippen LogP contribution in [0.15, 0.2) is 0 Å². The molecule has 0 radical (unpaired) electrons. The molecule has 3 atom stereocenters. The summed E-state index contributed by atoms with van der Waals surface area (Å²) in [6, 6.07) is -0.504. The number of carbonyl (C=O) groups is 1. The predicted octanol–water partition coefficient (Wildman–Crippen LogP) is 0.886. The van der Waals surface area contributed by atoms with Gasteiger partial charge in [0.15, 0.2) is 0 Å². The summed E-state index contributed by atoms with van der Waals surface area (Å²) in [5, 5.41) is 0. The van der Waals surface area contributed by atoms with Gasteiger partial charge in [0.2, 0.25) is 5.91 Å². The Morgan fingerprint density at radius 3 is 2.62 bits per heavy atom. The molecule has 1 aliphatic rings. The molecule has 0 saturated carbocycles. The first-order chi connectivity index (χ1) is 7.06. The Balaban J connectivity index is 0.00000225. The van der Waals surface area contributed by atoms with Crippen molar-refractivity contribution in [1.82, 2.24) is 4.90 Å². The van der Waals surface area contributed by atoms with Gasteiger partial charge in [-0.15, -0.1) is 12.4 Å². The number of carbonyl (C=O) groups excluding carboxylic acids is 1. The van der Waals surface area contributed by atoms with E-state index < -0.39 is 6.04 Å². The SMILES string of the molecule is COCC(N)C(=O)N1CCC(C)C(C)C1.Cl. The topological polar surface area (TPSA) is 55.6 Å². The number of hydrogen-bond acceptors (Lipinski definition) is 3. The second-order valence-corrected chi connectivity index (χ2v) is 4.59. The van der Waals surface area contributed by atoms with E-state index in [2.05, 4.69) is 13.8 Å². The zero-order valence-corrected chi connectivity index (χ0v) is 11.1. The molecule has 96 valence electrons. The summed E-state index contributed by atoms with van der Waals surface area (Å²) in [5.41, 5.74) is 5.72. The largest absolute Gasteiger partial charge is 0.383 e. The maximum Gasteiger partial charge on any atom is 0.241 e. The molecule has 0 aromatic carbocycles. The summed E-state index contributed by atoms with van der Waals surface area (Å²) in [5.74, 6) is 1.29. The zero-order valence-electron chi connectivity index (χ0n) is 10.3. The normalized spacial score (nSPS) is 27.1. The Hall–Kier alpha value is -0.320. The summed E-state index contributed by atoms with van der Waals surface area (Å²) < 4.78 is 4.89. The Morgan fingerprint density at radius 1 is 1.50 bits per heavy atom. The number of piperidine rings is 1. The minimum absolute atomic E-state index is 0. The van der Waals surface area contributed by atoms with Crippen LogP contribution in [0.25, 0.3) is 0 Å². The number of ether oxygens (including phenoxy) is 1. The lowest BCUT2D eigenvalue weighted by molar-refractivity contribution is -0.136. The molecule has 4 nitrogen and oxygen atoms in total. The van der Waals surface area contributed by atoms with Crippen LogP contribution < -0.4 is 5.73 Å². The number of hydrogen-bond donors (Lipinski definition) is 1. The van der Waals surface area contributed by atoms with Gasteiger partial charge in [0.1, 0.15) is 6.04 Å². The van der Waals surface area contributed by atoms with Crippen LogP contribution in [-0.4, -0.2) is 43.7 Å². The van der Waals surface area contributed by atoms with E-state index in [0.29, 0.717) is 18.4 Å². The number of rotatable bonds is 3. The van der Waals surface area contributed by atoms with Crippen LogP contribution in [0, 0.1) is 11.8 Å². The first-order valence-electron chi connectivity index (χ1n) is 5.59. The van der Waals surface area contributed by atoms with Gasteiger partial charge in [-0.05, 0) is 18.3 Å². The number of nitrogens with zero attached hydrogens (tertiary/aromatic N) is 1. The van der Waals surface area contributed by atoms with Gasteiger partial charge in [-0.3, -0.25) is 4.79 Å². The van der Waals surface area contributed by atoms with Crippen LogP contribution in [0.4, 0.5) is 0 Å². The van der Waals surface area contributed by atoms with Gasteiger partial charge in [-0.25, -0.2) is 0 Å². The van der Waals surface area contributed by atoms with Gasteiger partial charge in [0.25, 0.3) is 0 Å². The fourth-order valence-corrected chi connectivity index (χ4v) is 1.95. The third-order valence-corrected chi connectivity index (χ3v) is 3.31. The zero-order chi connectivity index (χ0) is 11.4. The van der Waals surface area contributed by atoms with E-state index in [1.807, 2.05) is 4.90 Å². The molecule has 1 aliphatic heterocycles. The molecule has 0 bridgehead atoms. The summed E-state index contributed by atoms with van der Waals surface area (Å²) in [7, 11) is 1.56. The Kier molecular flexibility index (Phi) is 6.95. The molecule has 1 fully saturated rings. The van der Waals surface area contributed by atoms with Gasteiger partial charge in [-0.2, -0.15) is 0 Å². The van der Waals surface area contributed by atoms with Crippen molar-refractivity contribution in [1.29, 1.82) is 0 Å². The van der Waals surface area contributed by atoms with Crippen molar-refractivity contribution in [3.05, 3.63) is 0 Å². The first-order valence-corrected chi connectivity index (χ1v) is 5.59. The molecule has 5 heteroatoms. The van der Waals surface area contributed by atoms with E-state index in [4.69, 9.17) is 10.5 Å². The third-order valence-electron chi connectivity index (χ3n) is 3.31. The highest BCUT2D eigenvalue weighted by molar-refractivity contribution is 5.85. The molecule has 0 aromatic rings. The van der Waals surface area contributed by atoms with Crippen LogP contribution >= 0.6 is 12.4 Å². The maximum absolute atomic E-state index is 11.9. The molecule has 0 aliphatic carbocycles. The van der Waals surface area contributed by atoms with Crippen molar-refractivity contribution in [3.63, 3.8) is 0 Å². The van der Waals surface area contributed by atoms with Crippen molar-refractivity contribution in [3.8, 4) is 0 Å². The van der Waals surface area contributed by atoms with Gasteiger partial charge >= 0.3 is 0 Å². The lowest BCUT2D eigenvalue weighted by atomic mass is 9.88. The molecule has 0 aromatic heterocycles. The number of halogens is 1. The van der Waals surface area contributed by atoms with Crippen molar-refractivity contribution >= 4 is 18.3 Å². The number of nitrogens with two attached hydrogens (primary N) is 1. The fraction of sp³-hybridized carbons (Fsp3) is 0.909. The third kappa shape index (κ3) is 3.92. The standard InChI is InChI=1S/C11H22N2O2.ClH/c1-8-4-5-13(6-9(8)2)11(14)10(12)7-15-3;/h8-10H,4-7,12H2,1-3H3;1H. The Morgan fingerprint density at radius 2 is 2.12 bits per heavy atom. The van der Waals surface area contributed by atoms with E-state index in [1.54, 1.807) is 7.11 Å². The van der Waals surface area contributed by atoms with Crippen molar-refractivity contribution in [2.24, 2.45) is 17.6 Å². The van der Waals surface area contributed by atoms with Gasteiger partial charge < -0.3 is 15.4 Å². The summed E-state index contributed by atoms with van der Waals surface area (Å²) >= 11 is 0. The minimum atomic E-state index is -0.504. The van der Waals surface area contributed by atoms with E-state index >= 15 is 0 Å². The van der Waals surface area contributed by atoms with Crippen LogP contribution in [0.2, 0.25) is 0 Å². The minimum Gasteiger partial charge on any atom is -0.383 e. The number of methoxy groups -OCH3 is 1. The van der Waals surface area contributed by atoms with Crippen LogP contribution in [0.5, 0.6) is 0 Å². The molecule has 2 N–H and O–H groups in total. The lowest BCUT2D eigenvalue weighted by Gasteiger charge is -2.36. The second kappa shape index (κ2) is 7.09. The smallest absolute Gasteiger partial charge is 0.241 e. The molecular formula is C11H23ClN2O2. The van der Waals surface area contributed by atoms with E-state index in [0.717, 1.165) is 19.5 Å². The van der Waals surface area contributed by atoms with Crippen LogP contribution in [-0.2, 0) is 9.53 Å². The van der Waals surface area contributed by atoms with Gasteiger partial charge in [0.05, 0.1) is 6.61 Å². The van der Waals surface area contributed by atoms with Crippen LogP contribution in [0.1, 0.15) is 20.3 Å². The van der Waals surface area contributed by atoms with Gasteiger partial charge in [0, 0.05) is 20.2 Å². The molecule has 1 heterocycles. The Labute approximate surface area is 104 Å². The van der Waals surface area contributed by atoms with Crippen molar-refractivity contribution in [2.75, 3.05) is 26.8 Å². The fourth-order valence-electron chi connectivity index (χ4n) is 1.95. The van der Waals surface area contributed by atoms with Crippen molar-refractivity contribution < 1.29 is 9.53 Å². The number of likely N-dealkylation sites (tertiary alicyclic amines) is 1.